The summed E-state index contributed by atoms with van der Waals surface area (Å²) in [6.45, 7) is 3.42. The summed E-state index contributed by atoms with van der Waals surface area (Å²) in [6.07, 6.45) is 1.70. The zero-order valence-corrected chi connectivity index (χ0v) is 24.6. The van der Waals surface area contributed by atoms with Gasteiger partial charge in [0.1, 0.15) is 27.4 Å². The summed E-state index contributed by atoms with van der Waals surface area (Å²) in [5.74, 6) is 0.830. The normalized spacial score (nSPS) is 25.6. The third kappa shape index (κ3) is 4.76. The highest BCUT2D eigenvalue weighted by molar-refractivity contribution is 7.80. The second-order valence-corrected chi connectivity index (χ2v) is 11.8. The summed E-state index contributed by atoms with van der Waals surface area (Å²) >= 11 is 6.26. The Morgan fingerprint density at radius 1 is 0.833 bits per heavy atom. The molecular weight excluding hydrogens is 540 g/mol. The smallest absolute Gasteiger partial charge is 0.136 e. The fourth-order valence-corrected chi connectivity index (χ4v) is 7.37. The Bertz CT molecular complexity index is 1560. The summed E-state index contributed by atoms with van der Waals surface area (Å²) in [7, 11) is 1.63. The molecule has 0 radical (unpaired) electrons. The largest absolute Gasteiger partial charge is 0.496 e. The maximum atomic E-state index is 11.2. The second kappa shape index (κ2) is 11.7. The van der Waals surface area contributed by atoms with Gasteiger partial charge in [0.05, 0.1) is 32.6 Å². The number of piperidine rings is 2. The quantitative estimate of drug-likeness (QED) is 0.355. The summed E-state index contributed by atoms with van der Waals surface area (Å²) in [5.41, 5.74) is 1.13. The van der Waals surface area contributed by atoms with E-state index in [1.165, 1.54) is 11.1 Å². The predicted octanol–water partition coefficient (Wildman–Crippen LogP) is 4.87. The van der Waals surface area contributed by atoms with Crippen LogP contribution in [-0.2, 0) is 12.8 Å². The molecule has 3 heterocycles. The van der Waals surface area contributed by atoms with E-state index in [0.717, 1.165) is 24.9 Å². The number of amidine groups is 1. The highest BCUT2D eigenvalue weighted by atomic mass is 32.1. The van der Waals surface area contributed by atoms with Crippen LogP contribution in [0.15, 0.2) is 89.9 Å². The first-order valence-corrected chi connectivity index (χ1v) is 14.8. The third-order valence-electron chi connectivity index (χ3n) is 8.94. The SMILES string of the molecule is COc1ccccc1[C@@H]1[C@@]2(C#N)CN(CCc3ccccc3)C[C@@]1(C#N)C1=NCN(CCc3ccccc3)CN1C2=S. The topological polar surface area (TPSA) is 78.9 Å². The molecule has 212 valence electrons. The van der Waals surface area contributed by atoms with Crippen LogP contribution in [0.2, 0.25) is 0 Å². The van der Waals surface area contributed by atoms with E-state index in [4.69, 9.17) is 21.9 Å². The van der Waals surface area contributed by atoms with Crippen molar-refractivity contribution in [1.29, 1.82) is 10.5 Å². The molecule has 0 spiro atoms. The van der Waals surface area contributed by atoms with Crippen molar-refractivity contribution in [2.24, 2.45) is 15.8 Å². The van der Waals surface area contributed by atoms with Crippen LogP contribution < -0.4 is 4.74 Å². The fraction of sp³-hybridized carbons (Fsp3) is 0.353. The number of benzene rings is 3. The molecule has 2 saturated heterocycles. The van der Waals surface area contributed by atoms with E-state index in [9.17, 15) is 10.5 Å². The van der Waals surface area contributed by atoms with Crippen molar-refractivity contribution in [2.45, 2.75) is 18.8 Å². The monoisotopic (exact) mass is 574 g/mol. The van der Waals surface area contributed by atoms with E-state index in [1.54, 1.807) is 7.11 Å². The van der Waals surface area contributed by atoms with E-state index in [-0.39, 0.29) is 0 Å². The molecule has 0 amide bonds. The van der Waals surface area contributed by atoms with Crippen molar-refractivity contribution in [1.82, 2.24) is 14.7 Å². The molecule has 0 aliphatic carbocycles. The molecule has 3 aromatic carbocycles. The lowest BCUT2D eigenvalue weighted by molar-refractivity contribution is 0.0578. The summed E-state index contributed by atoms with van der Waals surface area (Å²) in [4.78, 5) is 12.1. The number of hydrogen-bond acceptors (Lipinski definition) is 7. The number of aliphatic imine (C=N–C) groups is 1. The maximum Gasteiger partial charge on any atom is 0.136 e. The first kappa shape index (κ1) is 28.1. The van der Waals surface area contributed by atoms with Crippen molar-refractivity contribution in [3.63, 3.8) is 0 Å². The van der Waals surface area contributed by atoms with Crippen molar-refractivity contribution in [3.8, 4) is 17.9 Å². The Morgan fingerprint density at radius 2 is 1.40 bits per heavy atom. The number of nitrogens with zero attached hydrogens (tertiary/aromatic N) is 6. The lowest BCUT2D eigenvalue weighted by Gasteiger charge is -2.60. The van der Waals surface area contributed by atoms with Crippen molar-refractivity contribution >= 4 is 23.0 Å². The summed E-state index contributed by atoms with van der Waals surface area (Å²) in [6, 6.07) is 33.9. The van der Waals surface area contributed by atoms with Crippen molar-refractivity contribution in [3.05, 3.63) is 102 Å². The van der Waals surface area contributed by atoms with Crippen LogP contribution in [0.3, 0.4) is 0 Å². The minimum absolute atomic E-state index is 0.440. The highest BCUT2D eigenvalue weighted by Crippen LogP contribution is 2.59. The first-order valence-electron chi connectivity index (χ1n) is 14.4. The Morgan fingerprint density at radius 3 is 2.02 bits per heavy atom. The summed E-state index contributed by atoms with van der Waals surface area (Å²) < 4.78 is 5.80. The predicted molar refractivity (Wildman–Crippen MR) is 167 cm³/mol. The Labute approximate surface area is 253 Å². The van der Waals surface area contributed by atoms with E-state index >= 15 is 0 Å². The van der Waals surface area contributed by atoms with E-state index in [1.807, 2.05) is 53.4 Å². The van der Waals surface area contributed by atoms with Gasteiger partial charge >= 0.3 is 0 Å². The van der Waals surface area contributed by atoms with E-state index < -0.39 is 16.7 Å². The van der Waals surface area contributed by atoms with Gasteiger partial charge in [-0.15, -0.1) is 0 Å². The number of methoxy groups -OCH3 is 1. The third-order valence-corrected chi connectivity index (χ3v) is 9.53. The highest BCUT2D eigenvalue weighted by Gasteiger charge is 2.68. The van der Waals surface area contributed by atoms with Gasteiger partial charge in [0.15, 0.2) is 0 Å². The molecule has 3 aromatic rings. The molecule has 0 aromatic heterocycles. The van der Waals surface area contributed by atoms with Gasteiger partial charge in [-0.2, -0.15) is 10.5 Å². The van der Waals surface area contributed by atoms with Crippen LogP contribution in [-0.4, -0.2) is 72.2 Å². The van der Waals surface area contributed by atoms with Crippen molar-refractivity contribution in [2.75, 3.05) is 46.6 Å². The standard InChI is InChI=1S/C34H34N6OS/c1-41-29-15-9-8-14-28(29)30-33(20-35)22-38(18-16-26-10-4-2-5-11-26)23-34(30,21-36)32(42)40-25-39(24-37-31(33)40)19-17-27-12-6-3-7-13-27/h2-15,30H,16-19,22-25H2,1H3/t30-,33+,34+/m0/s1. The van der Waals surface area contributed by atoms with Gasteiger partial charge in [0.2, 0.25) is 0 Å². The molecule has 3 aliphatic rings. The molecule has 2 bridgehead atoms. The van der Waals surface area contributed by atoms with Crippen LogP contribution in [0.4, 0.5) is 0 Å². The Kier molecular flexibility index (Phi) is 7.79. The number of likely N-dealkylation sites (tertiary alicyclic amines) is 1. The molecule has 3 aliphatic heterocycles. The molecular formula is C34H34N6OS. The van der Waals surface area contributed by atoms with Crippen LogP contribution in [0.25, 0.3) is 0 Å². The molecule has 3 atom stereocenters. The van der Waals surface area contributed by atoms with Gasteiger partial charge in [-0.1, -0.05) is 91.1 Å². The Balaban J connectivity index is 1.40. The minimum atomic E-state index is -1.11. The molecule has 0 unspecified atom stereocenters. The molecule has 42 heavy (non-hydrogen) atoms. The van der Waals surface area contributed by atoms with Crippen LogP contribution in [0, 0.1) is 33.5 Å². The zero-order chi connectivity index (χ0) is 29.2. The van der Waals surface area contributed by atoms with Gasteiger partial charge in [-0.25, -0.2) is 0 Å². The summed E-state index contributed by atoms with van der Waals surface area (Å²) in [5, 5.41) is 22.2. The van der Waals surface area contributed by atoms with E-state index in [0.29, 0.717) is 49.5 Å². The van der Waals surface area contributed by atoms with E-state index in [2.05, 4.69) is 58.3 Å². The molecule has 0 saturated carbocycles. The molecule has 0 N–H and O–H groups in total. The minimum Gasteiger partial charge on any atom is -0.496 e. The fourth-order valence-electron chi connectivity index (χ4n) is 7.00. The van der Waals surface area contributed by atoms with Gasteiger partial charge in [0.25, 0.3) is 0 Å². The first-order chi connectivity index (χ1) is 20.5. The average molecular weight is 575 g/mol. The lowest BCUT2D eigenvalue weighted by Crippen LogP contribution is -2.73. The Hall–Kier alpha value is -4.08. The van der Waals surface area contributed by atoms with Gasteiger partial charge < -0.3 is 9.64 Å². The number of ether oxygens (including phenoxy) is 1. The van der Waals surface area contributed by atoms with Crippen LogP contribution in [0.5, 0.6) is 5.75 Å². The number of rotatable bonds is 8. The number of thiocarbonyl (C=S) groups is 1. The van der Waals surface area contributed by atoms with Gasteiger partial charge in [-0.05, 0) is 30.0 Å². The van der Waals surface area contributed by atoms with Gasteiger partial charge in [0, 0.05) is 37.7 Å². The molecule has 2 fully saturated rings. The van der Waals surface area contributed by atoms with Crippen LogP contribution in [0.1, 0.15) is 22.6 Å². The number of fused-ring (bicyclic) bond motifs is 4. The van der Waals surface area contributed by atoms with Gasteiger partial charge in [-0.3, -0.25) is 14.8 Å². The average Bonchev–Trinajstić information content (AvgIpc) is 3.05. The lowest BCUT2D eigenvalue weighted by atomic mass is 9.53. The second-order valence-electron chi connectivity index (χ2n) is 11.4. The zero-order valence-electron chi connectivity index (χ0n) is 23.8. The number of para-hydroxylation sites is 1. The van der Waals surface area contributed by atoms with Crippen LogP contribution >= 0.6 is 12.2 Å². The maximum absolute atomic E-state index is 11.2. The van der Waals surface area contributed by atoms with Crippen molar-refractivity contribution < 1.29 is 4.74 Å². The molecule has 8 heteroatoms. The number of nitriles is 2. The molecule has 7 nitrogen and oxygen atoms in total. The number of hydrogen-bond donors (Lipinski definition) is 0. The molecule has 6 rings (SSSR count).